The van der Waals surface area contributed by atoms with Gasteiger partial charge in [0.15, 0.2) is 14.9 Å². The van der Waals surface area contributed by atoms with Gasteiger partial charge >= 0.3 is 0 Å². The summed E-state index contributed by atoms with van der Waals surface area (Å²) >= 11 is 0. The van der Waals surface area contributed by atoms with Crippen molar-refractivity contribution in [3.05, 3.63) is 11.8 Å². The number of aromatic nitrogens is 2. The van der Waals surface area contributed by atoms with Gasteiger partial charge in [-0.25, -0.2) is 18.4 Å². The lowest BCUT2D eigenvalue weighted by molar-refractivity contribution is 0.597. The first kappa shape index (κ1) is 10.9. The minimum absolute atomic E-state index is 0.0636. The third-order valence-corrected chi connectivity index (χ3v) is 2.57. The average molecular weight is 215 g/mol. The molecule has 78 valence electrons. The van der Waals surface area contributed by atoms with Crippen LogP contribution < -0.4 is 4.90 Å². The van der Waals surface area contributed by atoms with Crippen LogP contribution >= 0.6 is 0 Å². The van der Waals surface area contributed by atoms with Gasteiger partial charge in [-0.1, -0.05) is 0 Å². The molecule has 1 aromatic heterocycles. The van der Waals surface area contributed by atoms with Crippen LogP contribution in [-0.4, -0.2) is 38.7 Å². The van der Waals surface area contributed by atoms with Gasteiger partial charge < -0.3 is 4.90 Å². The number of sulfone groups is 1. The lowest BCUT2D eigenvalue weighted by atomic mass is 10.4. The molecule has 0 N–H and O–H groups in total. The van der Waals surface area contributed by atoms with Crippen molar-refractivity contribution in [3.8, 4) is 0 Å². The van der Waals surface area contributed by atoms with E-state index < -0.39 is 9.84 Å². The Bertz CT molecular complexity index is 440. The van der Waals surface area contributed by atoms with E-state index in [-0.39, 0.29) is 5.03 Å². The number of anilines is 1. The van der Waals surface area contributed by atoms with Crippen molar-refractivity contribution in [2.24, 2.45) is 0 Å². The third kappa shape index (κ3) is 2.41. The second-order valence-corrected chi connectivity index (χ2v) is 5.28. The third-order valence-electron chi connectivity index (χ3n) is 1.60. The molecule has 0 bridgehead atoms. The van der Waals surface area contributed by atoms with Crippen LogP contribution in [-0.2, 0) is 9.84 Å². The van der Waals surface area contributed by atoms with E-state index in [4.69, 9.17) is 0 Å². The molecule has 0 aromatic carbocycles. The van der Waals surface area contributed by atoms with Crippen LogP contribution in [0.4, 0.5) is 5.95 Å². The molecular formula is C8H13N3O2S. The summed E-state index contributed by atoms with van der Waals surface area (Å²) in [5.41, 5.74) is 0.643. The Balaban J connectivity index is 3.35. The summed E-state index contributed by atoms with van der Waals surface area (Å²) in [6.45, 7) is 1.74. The lowest BCUT2D eigenvalue weighted by Crippen LogP contribution is -2.15. The fourth-order valence-electron chi connectivity index (χ4n) is 0.914. The van der Waals surface area contributed by atoms with Crippen molar-refractivity contribution >= 4 is 15.8 Å². The highest BCUT2D eigenvalue weighted by atomic mass is 32.2. The second kappa shape index (κ2) is 3.53. The zero-order chi connectivity index (χ0) is 10.9. The molecule has 0 radical (unpaired) electrons. The Morgan fingerprint density at radius 1 is 1.29 bits per heavy atom. The Hall–Kier alpha value is -1.17. The van der Waals surface area contributed by atoms with Gasteiger partial charge in [-0.05, 0) is 13.0 Å². The van der Waals surface area contributed by atoms with Crippen molar-refractivity contribution in [3.63, 3.8) is 0 Å². The van der Waals surface area contributed by atoms with E-state index in [1.54, 1.807) is 25.9 Å². The van der Waals surface area contributed by atoms with E-state index in [2.05, 4.69) is 9.97 Å². The smallest absolute Gasteiger partial charge is 0.226 e. The molecule has 0 amide bonds. The first-order valence-corrected chi connectivity index (χ1v) is 5.93. The molecule has 1 heterocycles. The van der Waals surface area contributed by atoms with Crippen LogP contribution in [0, 0.1) is 6.92 Å². The summed E-state index contributed by atoms with van der Waals surface area (Å²) in [5, 5.41) is 0.0636. The highest BCUT2D eigenvalue weighted by molar-refractivity contribution is 7.90. The molecule has 0 unspecified atom stereocenters. The van der Waals surface area contributed by atoms with E-state index in [9.17, 15) is 8.42 Å². The van der Waals surface area contributed by atoms with Crippen molar-refractivity contribution in [1.82, 2.24) is 9.97 Å². The molecule has 0 fully saturated rings. The van der Waals surface area contributed by atoms with Gasteiger partial charge in [-0.2, -0.15) is 0 Å². The molecular weight excluding hydrogens is 202 g/mol. The van der Waals surface area contributed by atoms with Gasteiger partial charge in [0.05, 0.1) is 0 Å². The fourth-order valence-corrected chi connectivity index (χ4v) is 1.55. The van der Waals surface area contributed by atoms with E-state index >= 15 is 0 Å². The topological polar surface area (TPSA) is 63.2 Å². The monoisotopic (exact) mass is 215 g/mol. The molecule has 0 atom stereocenters. The molecule has 0 saturated heterocycles. The molecule has 1 aromatic rings. The van der Waals surface area contributed by atoms with Crippen LogP contribution in [0.25, 0.3) is 0 Å². The number of nitrogens with zero attached hydrogens (tertiary/aromatic N) is 3. The Morgan fingerprint density at radius 2 is 1.86 bits per heavy atom. The SMILES string of the molecule is Cc1cc(S(C)(=O)=O)nc(N(C)C)n1. The summed E-state index contributed by atoms with van der Waals surface area (Å²) in [4.78, 5) is 9.70. The fraction of sp³-hybridized carbons (Fsp3) is 0.500. The van der Waals surface area contributed by atoms with Crippen LogP contribution in [0.2, 0.25) is 0 Å². The highest BCUT2D eigenvalue weighted by Crippen LogP contribution is 2.11. The molecule has 0 aliphatic rings. The second-order valence-electron chi connectivity index (χ2n) is 3.31. The molecule has 0 saturated carbocycles. The summed E-state index contributed by atoms with van der Waals surface area (Å²) in [6.07, 6.45) is 1.13. The first-order valence-electron chi connectivity index (χ1n) is 4.04. The Morgan fingerprint density at radius 3 is 2.29 bits per heavy atom. The molecule has 1 rings (SSSR count). The molecule has 6 heteroatoms. The zero-order valence-electron chi connectivity index (χ0n) is 8.64. The number of rotatable bonds is 2. The van der Waals surface area contributed by atoms with E-state index in [0.717, 1.165) is 6.26 Å². The summed E-state index contributed by atoms with van der Waals surface area (Å²) < 4.78 is 22.5. The van der Waals surface area contributed by atoms with E-state index in [1.807, 2.05) is 0 Å². The lowest BCUT2D eigenvalue weighted by Gasteiger charge is -2.11. The molecule has 0 aliphatic heterocycles. The minimum atomic E-state index is -3.26. The maximum Gasteiger partial charge on any atom is 0.226 e. The number of hydrogen-bond acceptors (Lipinski definition) is 5. The normalized spacial score (nSPS) is 11.4. The predicted molar refractivity (Wildman–Crippen MR) is 54.2 cm³/mol. The molecule has 0 spiro atoms. The molecule has 5 nitrogen and oxygen atoms in total. The van der Waals surface area contributed by atoms with Crippen molar-refractivity contribution in [2.45, 2.75) is 11.9 Å². The molecule has 0 aliphatic carbocycles. The maximum absolute atomic E-state index is 11.3. The largest absolute Gasteiger partial charge is 0.347 e. The zero-order valence-corrected chi connectivity index (χ0v) is 9.46. The Labute approximate surface area is 83.7 Å². The molecule has 14 heavy (non-hydrogen) atoms. The Kier molecular flexibility index (Phi) is 2.75. The van der Waals surface area contributed by atoms with Gasteiger partial charge in [0.2, 0.25) is 5.95 Å². The van der Waals surface area contributed by atoms with Gasteiger partial charge in [-0.3, -0.25) is 0 Å². The van der Waals surface area contributed by atoms with Crippen LogP contribution in [0.3, 0.4) is 0 Å². The van der Waals surface area contributed by atoms with Crippen molar-refractivity contribution in [1.29, 1.82) is 0 Å². The van der Waals surface area contributed by atoms with Gasteiger partial charge in [0, 0.05) is 26.0 Å². The number of aryl methyl sites for hydroxylation is 1. The van der Waals surface area contributed by atoms with Crippen LogP contribution in [0.5, 0.6) is 0 Å². The van der Waals surface area contributed by atoms with Gasteiger partial charge in [-0.15, -0.1) is 0 Å². The van der Waals surface area contributed by atoms with E-state index in [1.165, 1.54) is 6.07 Å². The summed E-state index contributed by atoms with van der Waals surface area (Å²) in [6, 6.07) is 1.46. The quantitative estimate of drug-likeness (QED) is 0.662. The van der Waals surface area contributed by atoms with Crippen LogP contribution in [0.15, 0.2) is 11.1 Å². The average Bonchev–Trinajstić information content (AvgIpc) is 2.01. The summed E-state index contributed by atoms with van der Waals surface area (Å²) in [7, 11) is 0.270. The first-order chi connectivity index (χ1) is 6.30. The highest BCUT2D eigenvalue weighted by Gasteiger charge is 2.12. The number of hydrogen-bond donors (Lipinski definition) is 0. The standard InChI is InChI=1S/C8H13N3O2S/c1-6-5-7(14(4,12)13)10-8(9-6)11(2)3/h5H,1-4H3. The van der Waals surface area contributed by atoms with Crippen molar-refractivity contribution in [2.75, 3.05) is 25.3 Å². The maximum atomic E-state index is 11.3. The minimum Gasteiger partial charge on any atom is -0.347 e. The van der Waals surface area contributed by atoms with Crippen molar-refractivity contribution < 1.29 is 8.42 Å². The van der Waals surface area contributed by atoms with E-state index in [0.29, 0.717) is 11.6 Å². The predicted octanol–water partition coefficient (Wildman–Crippen LogP) is 0.255. The van der Waals surface area contributed by atoms with Crippen LogP contribution in [0.1, 0.15) is 5.69 Å². The van der Waals surface area contributed by atoms with Gasteiger partial charge in [0.1, 0.15) is 0 Å². The summed E-state index contributed by atoms with van der Waals surface area (Å²) in [5.74, 6) is 0.408. The van der Waals surface area contributed by atoms with Gasteiger partial charge in [0.25, 0.3) is 0 Å².